The molecule has 2 aromatic rings. The molecule has 0 aliphatic rings. The molecule has 0 saturated heterocycles. The van der Waals surface area contributed by atoms with E-state index < -0.39 is 0 Å². The lowest BCUT2D eigenvalue weighted by atomic mass is 9.98. The lowest BCUT2D eigenvalue weighted by molar-refractivity contribution is 0.103. The Morgan fingerprint density at radius 1 is 1.17 bits per heavy atom. The number of benzene rings is 1. The van der Waals surface area contributed by atoms with E-state index in [1.54, 1.807) is 30.5 Å². The molecule has 0 bridgehead atoms. The summed E-state index contributed by atoms with van der Waals surface area (Å²) in [6, 6.07) is 7.02. The van der Waals surface area contributed by atoms with Gasteiger partial charge >= 0.3 is 0 Å². The van der Waals surface area contributed by atoms with E-state index in [-0.39, 0.29) is 11.6 Å². The fourth-order valence-corrected chi connectivity index (χ4v) is 1.81. The summed E-state index contributed by atoms with van der Waals surface area (Å²) in [4.78, 5) is 16.4. The van der Waals surface area contributed by atoms with Crippen LogP contribution in [-0.2, 0) is 0 Å². The first-order valence-corrected chi connectivity index (χ1v) is 5.62. The minimum atomic E-state index is -0.145. The maximum absolute atomic E-state index is 12.4. The van der Waals surface area contributed by atoms with Crippen molar-refractivity contribution in [3.63, 3.8) is 0 Å². The number of nitrogen functional groups attached to an aromatic ring is 2. The number of hydrogen-bond donors (Lipinski definition) is 2. The van der Waals surface area contributed by atoms with Crippen LogP contribution in [0.25, 0.3) is 0 Å². The van der Waals surface area contributed by atoms with Gasteiger partial charge in [-0.1, -0.05) is 12.1 Å². The number of aromatic nitrogens is 1. The molecule has 4 heteroatoms. The Morgan fingerprint density at radius 3 is 2.61 bits per heavy atom. The second-order valence-corrected chi connectivity index (χ2v) is 4.29. The van der Waals surface area contributed by atoms with Crippen LogP contribution in [0.5, 0.6) is 0 Å². The molecule has 0 aliphatic carbocycles. The number of pyridine rings is 1. The van der Waals surface area contributed by atoms with Gasteiger partial charge in [0.15, 0.2) is 5.78 Å². The molecule has 0 amide bonds. The summed E-state index contributed by atoms with van der Waals surface area (Å²) in [7, 11) is 0. The van der Waals surface area contributed by atoms with Crippen molar-refractivity contribution in [1.82, 2.24) is 4.98 Å². The summed E-state index contributed by atoms with van der Waals surface area (Å²) in [5.41, 5.74) is 14.8. The molecule has 0 radical (unpaired) electrons. The van der Waals surface area contributed by atoms with Crippen LogP contribution in [0.15, 0.2) is 30.5 Å². The summed E-state index contributed by atoms with van der Waals surface area (Å²) >= 11 is 0. The standard InChI is InChI=1S/C14H15N3O/c1-8-6-11(14(16)17-7-8)13(18)10-4-3-5-12(15)9(10)2/h3-7H,15H2,1-2H3,(H2,16,17). The largest absolute Gasteiger partial charge is 0.398 e. The number of aryl methyl sites for hydroxylation is 1. The van der Waals surface area contributed by atoms with Crippen molar-refractivity contribution in [2.45, 2.75) is 13.8 Å². The highest BCUT2D eigenvalue weighted by Crippen LogP contribution is 2.21. The van der Waals surface area contributed by atoms with E-state index in [1.807, 2.05) is 13.8 Å². The quantitative estimate of drug-likeness (QED) is 0.623. The minimum Gasteiger partial charge on any atom is -0.398 e. The van der Waals surface area contributed by atoms with Crippen molar-refractivity contribution in [2.75, 3.05) is 11.5 Å². The van der Waals surface area contributed by atoms with Crippen LogP contribution >= 0.6 is 0 Å². The Morgan fingerprint density at radius 2 is 1.89 bits per heavy atom. The van der Waals surface area contributed by atoms with E-state index in [0.717, 1.165) is 11.1 Å². The monoisotopic (exact) mass is 241 g/mol. The van der Waals surface area contributed by atoms with E-state index in [2.05, 4.69) is 4.98 Å². The fourth-order valence-electron chi connectivity index (χ4n) is 1.81. The normalized spacial score (nSPS) is 10.3. The molecule has 0 unspecified atom stereocenters. The van der Waals surface area contributed by atoms with Crippen molar-refractivity contribution >= 4 is 17.3 Å². The van der Waals surface area contributed by atoms with Crippen LogP contribution in [0, 0.1) is 13.8 Å². The topological polar surface area (TPSA) is 82.0 Å². The van der Waals surface area contributed by atoms with Crippen LogP contribution in [0.4, 0.5) is 11.5 Å². The van der Waals surface area contributed by atoms with Crippen molar-refractivity contribution in [3.05, 3.63) is 52.7 Å². The second kappa shape index (κ2) is 4.49. The predicted octanol–water partition coefficient (Wildman–Crippen LogP) is 2.09. The molecule has 1 heterocycles. The molecular weight excluding hydrogens is 226 g/mol. The molecule has 0 fully saturated rings. The Labute approximate surface area is 106 Å². The summed E-state index contributed by atoms with van der Waals surface area (Å²) in [5.74, 6) is 0.0981. The van der Waals surface area contributed by atoms with Gasteiger partial charge in [-0.3, -0.25) is 4.79 Å². The van der Waals surface area contributed by atoms with Crippen molar-refractivity contribution < 1.29 is 4.79 Å². The van der Waals surface area contributed by atoms with Crippen molar-refractivity contribution in [2.24, 2.45) is 0 Å². The maximum atomic E-state index is 12.4. The van der Waals surface area contributed by atoms with Crippen LogP contribution in [-0.4, -0.2) is 10.8 Å². The Bertz CT molecular complexity index is 616. The molecular formula is C14H15N3O. The number of anilines is 2. The number of nitrogens with zero attached hydrogens (tertiary/aromatic N) is 1. The van der Waals surface area contributed by atoms with Gasteiger partial charge in [0.05, 0.1) is 5.56 Å². The Hall–Kier alpha value is -2.36. The third kappa shape index (κ3) is 2.05. The zero-order valence-electron chi connectivity index (χ0n) is 10.4. The van der Waals surface area contributed by atoms with Gasteiger partial charge in [0.25, 0.3) is 0 Å². The van der Waals surface area contributed by atoms with Gasteiger partial charge in [0, 0.05) is 17.4 Å². The molecule has 0 aliphatic heterocycles. The molecule has 0 spiro atoms. The van der Waals surface area contributed by atoms with Crippen molar-refractivity contribution in [3.8, 4) is 0 Å². The molecule has 0 saturated carbocycles. The number of nitrogens with two attached hydrogens (primary N) is 2. The highest BCUT2D eigenvalue weighted by molar-refractivity contribution is 6.13. The zero-order valence-corrected chi connectivity index (χ0v) is 10.4. The van der Waals surface area contributed by atoms with Crippen LogP contribution in [0.3, 0.4) is 0 Å². The van der Waals surface area contributed by atoms with E-state index in [1.165, 1.54) is 0 Å². The predicted molar refractivity (Wildman–Crippen MR) is 72.4 cm³/mol. The van der Waals surface area contributed by atoms with Gasteiger partial charge in [-0.15, -0.1) is 0 Å². The molecule has 4 nitrogen and oxygen atoms in total. The molecule has 92 valence electrons. The lowest BCUT2D eigenvalue weighted by Crippen LogP contribution is -2.09. The number of hydrogen-bond acceptors (Lipinski definition) is 4. The first-order valence-electron chi connectivity index (χ1n) is 5.62. The van der Waals surface area contributed by atoms with E-state index in [9.17, 15) is 4.79 Å². The smallest absolute Gasteiger partial charge is 0.197 e. The second-order valence-electron chi connectivity index (χ2n) is 4.29. The van der Waals surface area contributed by atoms with Gasteiger partial charge in [0.2, 0.25) is 0 Å². The summed E-state index contributed by atoms with van der Waals surface area (Å²) in [6.45, 7) is 3.69. The summed E-state index contributed by atoms with van der Waals surface area (Å²) in [5, 5.41) is 0. The number of carbonyl (C=O) groups is 1. The molecule has 4 N–H and O–H groups in total. The summed E-state index contributed by atoms with van der Waals surface area (Å²) in [6.07, 6.45) is 1.64. The number of carbonyl (C=O) groups excluding carboxylic acids is 1. The van der Waals surface area contributed by atoms with E-state index >= 15 is 0 Å². The average molecular weight is 241 g/mol. The zero-order chi connectivity index (χ0) is 13.3. The highest BCUT2D eigenvalue weighted by atomic mass is 16.1. The Kier molecular flexibility index (Phi) is 3.02. The van der Waals surface area contributed by atoms with E-state index in [0.29, 0.717) is 16.8 Å². The fraction of sp³-hybridized carbons (Fsp3) is 0.143. The minimum absolute atomic E-state index is 0.145. The molecule has 0 atom stereocenters. The third-order valence-electron chi connectivity index (χ3n) is 2.92. The SMILES string of the molecule is Cc1cnc(N)c(C(=O)c2cccc(N)c2C)c1. The first-order chi connectivity index (χ1) is 8.50. The highest BCUT2D eigenvalue weighted by Gasteiger charge is 2.16. The van der Waals surface area contributed by atoms with Crippen LogP contribution < -0.4 is 11.5 Å². The van der Waals surface area contributed by atoms with Gasteiger partial charge in [-0.2, -0.15) is 0 Å². The van der Waals surface area contributed by atoms with Gasteiger partial charge < -0.3 is 11.5 Å². The lowest BCUT2D eigenvalue weighted by Gasteiger charge is -2.09. The number of ketones is 1. The molecule has 18 heavy (non-hydrogen) atoms. The van der Waals surface area contributed by atoms with Gasteiger partial charge in [-0.25, -0.2) is 4.98 Å². The van der Waals surface area contributed by atoms with Gasteiger partial charge in [0.1, 0.15) is 5.82 Å². The van der Waals surface area contributed by atoms with Crippen LogP contribution in [0.2, 0.25) is 0 Å². The molecule has 2 rings (SSSR count). The van der Waals surface area contributed by atoms with Crippen LogP contribution in [0.1, 0.15) is 27.0 Å². The average Bonchev–Trinajstić information content (AvgIpc) is 2.35. The first kappa shape index (κ1) is 12.1. The van der Waals surface area contributed by atoms with Crippen molar-refractivity contribution in [1.29, 1.82) is 0 Å². The maximum Gasteiger partial charge on any atom is 0.197 e. The van der Waals surface area contributed by atoms with Gasteiger partial charge in [-0.05, 0) is 37.1 Å². The third-order valence-corrected chi connectivity index (χ3v) is 2.92. The molecule has 1 aromatic heterocycles. The molecule has 1 aromatic carbocycles. The van der Waals surface area contributed by atoms with E-state index in [4.69, 9.17) is 11.5 Å². The Balaban J connectivity index is 2.55. The number of rotatable bonds is 2. The summed E-state index contributed by atoms with van der Waals surface area (Å²) < 4.78 is 0.